The molecule has 1 aliphatic rings. The number of hydrogen-bond acceptors (Lipinski definition) is 3. The van der Waals surface area contributed by atoms with Crippen LogP contribution in [0.5, 0.6) is 0 Å². The monoisotopic (exact) mass is 194 g/mol. The van der Waals surface area contributed by atoms with E-state index in [2.05, 4.69) is 17.3 Å². The fraction of sp³-hybridized carbons (Fsp3) is 0.700. The minimum Gasteiger partial charge on any atom is -0.394 e. The predicted molar refractivity (Wildman–Crippen MR) is 58.2 cm³/mol. The molecule has 0 radical (unpaired) electrons. The predicted octanol–water partition coefficient (Wildman–Crippen LogP) is 1.52. The molecule has 14 heavy (non-hydrogen) atoms. The average molecular weight is 194 g/mol. The van der Waals surface area contributed by atoms with Crippen LogP contribution in [0.15, 0.2) is 0 Å². The summed E-state index contributed by atoms with van der Waals surface area (Å²) in [6.45, 7) is 4.16. The number of hydrogen-bond donors (Lipinski definition) is 2. The lowest BCUT2D eigenvalue weighted by molar-refractivity contribution is 0.740. The fourth-order valence-corrected chi connectivity index (χ4v) is 1.90. The molecule has 2 atom stereocenters. The number of nitrogens with zero attached hydrogens (tertiary/aromatic N) is 2. The van der Waals surface area contributed by atoms with Crippen molar-refractivity contribution in [2.24, 2.45) is 13.0 Å². The highest BCUT2D eigenvalue weighted by Gasteiger charge is 2.36. The van der Waals surface area contributed by atoms with Gasteiger partial charge < -0.3 is 11.1 Å². The van der Waals surface area contributed by atoms with Crippen LogP contribution >= 0.6 is 0 Å². The van der Waals surface area contributed by atoms with Crippen LogP contribution < -0.4 is 11.1 Å². The first kappa shape index (κ1) is 9.37. The quantitative estimate of drug-likeness (QED) is 0.767. The first-order valence-electron chi connectivity index (χ1n) is 5.19. The number of nitrogens with two attached hydrogens (primary N) is 1. The highest BCUT2D eigenvalue weighted by molar-refractivity contribution is 5.65. The molecule has 0 saturated heterocycles. The van der Waals surface area contributed by atoms with Crippen molar-refractivity contribution < 1.29 is 0 Å². The summed E-state index contributed by atoms with van der Waals surface area (Å²) in [5.74, 6) is 1.80. The summed E-state index contributed by atoms with van der Waals surface area (Å²) in [6, 6.07) is 0.608. The number of anilines is 2. The van der Waals surface area contributed by atoms with Crippen LogP contribution in [0.2, 0.25) is 0 Å². The normalized spacial score (nSPS) is 25.1. The molecular weight excluding hydrogens is 176 g/mol. The first-order chi connectivity index (χ1) is 6.63. The third-order valence-electron chi connectivity index (χ3n) is 3.04. The van der Waals surface area contributed by atoms with E-state index in [0.29, 0.717) is 6.04 Å². The van der Waals surface area contributed by atoms with Crippen LogP contribution in [0.1, 0.15) is 25.5 Å². The lowest BCUT2D eigenvalue weighted by Crippen LogP contribution is -2.10. The van der Waals surface area contributed by atoms with Gasteiger partial charge in [-0.2, -0.15) is 5.10 Å². The van der Waals surface area contributed by atoms with E-state index >= 15 is 0 Å². The van der Waals surface area contributed by atoms with Gasteiger partial charge in [0.25, 0.3) is 0 Å². The molecule has 0 spiro atoms. The number of aryl methyl sites for hydroxylation is 2. The van der Waals surface area contributed by atoms with Gasteiger partial charge in [-0.05, 0) is 19.3 Å². The van der Waals surface area contributed by atoms with Gasteiger partial charge in [-0.3, -0.25) is 4.68 Å². The summed E-state index contributed by atoms with van der Waals surface area (Å²) in [5, 5.41) is 7.72. The van der Waals surface area contributed by atoms with Gasteiger partial charge in [0, 0.05) is 13.1 Å². The van der Waals surface area contributed by atoms with Crippen LogP contribution in [-0.4, -0.2) is 15.8 Å². The molecule has 0 aromatic carbocycles. The molecule has 1 aromatic rings. The Morgan fingerprint density at radius 1 is 1.64 bits per heavy atom. The Bertz CT molecular complexity index is 342. The molecule has 2 rings (SSSR count). The smallest absolute Gasteiger partial charge is 0.147 e. The summed E-state index contributed by atoms with van der Waals surface area (Å²) in [4.78, 5) is 0. The van der Waals surface area contributed by atoms with E-state index in [0.717, 1.165) is 23.1 Å². The van der Waals surface area contributed by atoms with Gasteiger partial charge in [0.15, 0.2) is 0 Å². The average Bonchev–Trinajstić information content (AvgIpc) is 2.86. The van der Waals surface area contributed by atoms with Crippen molar-refractivity contribution in [1.82, 2.24) is 9.78 Å². The molecule has 0 bridgehead atoms. The Hall–Kier alpha value is -1.19. The number of aromatic nitrogens is 2. The van der Waals surface area contributed by atoms with Crippen molar-refractivity contribution in [2.45, 2.75) is 32.7 Å². The maximum atomic E-state index is 5.92. The van der Waals surface area contributed by atoms with Crippen molar-refractivity contribution in [2.75, 3.05) is 11.1 Å². The molecule has 1 saturated carbocycles. The van der Waals surface area contributed by atoms with E-state index in [9.17, 15) is 0 Å². The van der Waals surface area contributed by atoms with Crippen molar-refractivity contribution in [3.63, 3.8) is 0 Å². The van der Waals surface area contributed by atoms with Gasteiger partial charge in [0.1, 0.15) is 5.82 Å². The molecular formula is C10H18N4. The van der Waals surface area contributed by atoms with Gasteiger partial charge >= 0.3 is 0 Å². The Balaban J connectivity index is 2.10. The zero-order chi connectivity index (χ0) is 10.3. The van der Waals surface area contributed by atoms with Crippen molar-refractivity contribution in [3.8, 4) is 0 Å². The second-order valence-corrected chi connectivity index (χ2v) is 4.13. The summed E-state index contributed by atoms with van der Waals surface area (Å²) in [7, 11) is 1.93. The minimum atomic E-state index is 0.608. The fourth-order valence-electron chi connectivity index (χ4n) is 1.90. The van der Waals surface area contributed by atoms with Crippen molar-refractivity contribution in [1.29, 1.82) is 0 Å². The molecule has 3 N–H and O–H groups in total. The standard InChI is InChI=1S/C10H18N4/c1-4-7-5-8(7)12-10-9(11)6(2)13-14(10)3/h7-8,12H,4-5,11H2,1-3H3. The highest BCUT2D eigenvalue weighted by atomic mass is 15.3. The van der Waals surface area contributed by atoms with Gasteiger partial charge in [0.05, 0.1) is 11.4 Å². The molecule has 1 aliphatic carbocycles. The summed E-state index contributed by atoms with van der Waals surface area (Å²) in [6.07, 6.45) is 2.51. The molecule has 4 heteroatoms. The minimum absolute atomic E-state index is 0.608. The molecule has 0 amide bonds. The number of nitrogen functional groups attached to an aromatic ring is 1. The summed E-state index contributed by atoms with van der Waals surface area (Å²) < 4.78 is 1.83. The summed E-state index contributed by atoms with van der Waals surface area (Å²) in [5.41, 5.74) is 7.61. The lowest BCUT2D eigenvalue weighted by atomic mass is 10.3. The second kappa shape index (κ2) is 3.19. The topological polar surface area (TPSA) is 55.9 Å². The number of rotatable bonds is 3. The van der Waals surface area contributed by atoms with Crippen LogP contribution in [0.4, 0.5) is 11.5 Å². The Labute approximate surface area is 84.5 Å². The van der Waals surface area contributed by atoms with Gasteiger partial charge in [-0.15, -0.1) is 0 Å². The Morgan fingerprint density at radius 2 is 2.36 bits per heavy atom. The zero-order valence-electron chi connectivity index (χ0n) is 9.04. The molecule has 78 valence electrons. The maximum absolute atomic E-state index is 5.92. The van der Waals surface area contributed by atoms with Gasteiger partial charge in [0.2, 0.25) is 0 Å². The van der Waals surface area contributed by atoms with E-state index in [1.807, 2.05) is 18.7 Å². The second-order valence-electron chi connectivity index (χ2n) is 4.13. The maximum Gasteiger partial charge on any atom is 0.147 e. The Kier molecular flexibility index (Phi) is 2.13. The van der Waals surface area contributed by atoms with Crippen LogP contribution in [0.25, 0.3) is 0 Å². The largest absolute Gasteiger partial charge is 0.394 e. The zero-order valence-corrected chi connectivity index (χ0v) is 9.04. The van der Waals surface area contributed by atoms with Gasteiger partial charge in [-0.1, -0.05) is 13.3 Å². The number of nitrogens with one attached hydrogen (secondary N) is 1. The lowest BCUT2D eigenvalue weighted by Gasteiger charge is -2.06. The Morgan fingerprint density at radius 3 is 2.79 bits per heavy atom. The molecule has 1 heterocycles. The van der Waals surface area contributed by atoms with Gasteiger partial charge in [-0.25, -0.2) is 0 Å². The van der Waals surface area contributed by atoms with Crippen molar-refractivity contribution >= 4 is 11.5 Å². The molecule has 1 fully saturated rings. The molecule has 0 aliphatic heterocycles. The third-order valence-corrected chi connectivity index (χ3v) is 3.04. The first-order valence-corrected chi connectivity index (χ1v) is 5.19. The van der Waals surface area contributed by atoms with Crippen LogP contribution in [0, 0.1) is 12.8 Å². The molecule has 1 aromatic heterocycles. The summed E-state index contributed by atoms with van der Waals surface area (Å²) >= 11 is 0. The molecule has 4 nitrogen and oxygen atoms in total. The third kappa shape index (κ3) is 1.45. The van der Waals surface area contributed by atoms with Crippen molar-refractivity contribution in [3.05, 3.63) is 5.69 Å². The molecule has 2 unspecified atom stereocenters. The van der Waals surface area contributed by atoms with E-state index in [4.69, 9.17) is 5.73 Å². The van der Waals surface area contributed by atoms with E-state index in [1.54, 1.807) is 0 Å². The van der Waals surface area contributed by atoms with E-state index in [1.165, 1.54) is 12.8 Å². The van der Waals surface area contributed by atoms with Crippen LogP contribution in [0.3, 0.4) is 0 Å². The van der Waals surface area contributed by atoms with Crippen LogP contribution in [-0.2, 0) is 7.05 Å². The SMILES string of the molecule is CCC1CC1Nc1c(N)c(C)nn1C. The van der Waals surface area contributed by atoms with E-state index < -0.39 is 0 Å². The van der Waals surface area contributed by atoms with E-state index in [-0.39, 0.29) is 0 Å². The highest BCUT2D eigenvalue weighted by Crippen LogP contribution is 2.37.